The summed E-state index contributed by atoms with van der Waals surface area (Å²) in [6, 6.07) is 5.88. The molecule has 0 spiro atoms. The third-order valence-electron chi connectivity index (χ3n) is 3.28. The van der Waals surface area contributed by atoms with Gasteiger partial charge in [-0.1, -0.05) is 19.9 Å². The highest BCUT2D eigenvalue weighted by Gasteiger charge is 2.19. The van der Waals surface area contributed by atoms with E-state index in [2.05, 4.69) is 12.2 Å². The van der Waals surface area contributed by atoms with Gasteiger partial charge in [-0.25, -0.2) is 0 Å². The molecule has 0 heterocycles. The number of ether oxygens (including phenoxy) is 2. The second kappa shape index (κ2) is 8.12. The van der Waals surface area contributed by atoms with Crippen molar-refractivity contribution in [1.82, 2.24) is 5.32 Å². The van der Waals surface area contributed by atoms with Crippen LogP contribution in [0.15, 0.2) is 18.2 Å². The summed E-state index contributed by atoms with van der Waals surface area (Å²) < 4.78 is 11.0. The summed E-state index contributed by atoms with van der Waals surface area (Å²) in [5.74, 6) is 1.37. The molecule has 0 saturated heterocycles. The van der Waals surface area contributed by atoms with Crippen LogP contribution >= 0.6 is 0 Å². The molecule has 1 rings (SSSR count). The molecule has 0 saturated carbocycles. The average molecular weight is 281 g/mol. The number of nitrogens with one attached hydrogen (secondary N) is 1. The second-order valence-corrected chi connectivity index (χ2v) is 5.30. The maximum absolute atomic E-state index is 9.97. The molecule has 0 fully saturated rings. The number of methoxy groups -OCH3 is 1. The van der Waals surface area contributed by atoms with Gasteiger partial charge in [-0.2, -0.15) is 0 Å². The highest BCUT2D eigenvalue weighted by molar-refractivity contribution is 5.43. The van der Waals surface area contributed by atoms with Crippen LogP contribution in [-0.4, -0.2) is 31.0 Å². The van der Waals surface area contributed by atoms with Crippen LogP contribution < -0.4 is 14.8 Å². The van der Waals surface area contributed by atoms with E-state index in [4.69, 9.17) is 9.47 Å². The van der Waals surface area contributed by atoms with E-state index >= 15 is 0 Å². The topological polar surface area (TPSA) is 50.7 Å². The van der Waals surface area contributed by atoms with Crippen LogP contribution in [0.2, 0.25) is 0 Å². The Hall–Kier alpha value is -1.26. The van der Waals surface area contributed by atoms with Gasteiger partial charge in [0.25, 0.3) is 0 Å². The van der Waals surface area contributed by atoms with Gasteiger partial charge < -0.3 is 19.9 Å². The quantitative estimate of drug-likeness (QED) is 0.683. The van der Waals surface area contributed by atoms with Crippen molar-refractivity contribution in [2.45, 2.75) is 45.8 Å². The van der Waals surface area contributed by atoms with Crippen molar-refractivity contribution in [1.29, 1.82) is 0 Å². The fourth-order valence-corrected chi connectivity index (χ4v) is 1.69. The van der Waals surface area contributed by atoms with Crippen molar-refractivity contribution in [3.05, 3.63) is 23.8 Å². The van der Waals surface area contributed by atoms with E-state index in [0.29, 0.717) is 17.9 Å². The molecule has 114 valence electrons. The third-order valence-corrected chi connectivity index (χ3v) is 3.28. The van der Waals surface area contributed by atoms with Gasteiger partial charge in [0.05, 0.1) is 12.7 Å². The van der Waals surface area contributed by atoms with Crippen LogP contribution in [-0.2, 0) is 6.54 Å². The molecule has 4 heteroatoms. The van der Waals surface area contributed by atoms with Gasteiger partial charge in [-0.05, 0) is 44.0 Å². The summed E-state index contributed by atoms with van der Waals surface area (Å²) in [6.45, 7) is 7.92. The van der Waals surface area contributed by atoms with E-state index in [9.17, 15) is 5.11 Å². The molecule has 4 nitrogen and oxygen atoms in total. The predicted octanol–water partition coefficient (Wildman–Crippen LogP) is 2.73. The van der Waals surface area contributed by atoms with Crippen molar-refractivity contribution in [2.24, 2.45) is 0 Å². The highest BCUT2D eigenvalue weighted by atomic mass is 16.5. The molecule has 0 aliphatic heterocycles. The SMILES string of the molecule is CCCNCc1ccc(OCC(C)(O)CC)c(OC)c1. The maximum Gasteiger partial charge on any atom is 0.161 e. The van der Waals surface area contributed by atoms with E-state index in [0.717, 1.165) is 25.1 Å². The minimum absolute atomic E-state index is 0.257. The van der Waals surface area contributed by atoms with Gasteiger partial charge >= 0.3 is 0 Å². The minimum Gasteiger partial charge on any atom is -0.493 e. The molecule has 1 aromatic rings. The number of rotatable bonds is 9. The number of aliphatic hydroxyl groups is 1. The fraction of sp³-hybridized carbons (Fsp3) is 0.625. The lowest BCUT2D eigenvalue weighted by atomic mass is 10.1. The van der Waals surface area contributed by atoms with Crippen molar-refractivity contribution >= 4 is 0 Å². The van der Waals surface area contributed by atoms with E-state index in [-0.39, 0.29) is 6.61 Å². The predicted molar refractivity (Wildman–Crippen MR) is 81.4 cm³/mol. The first-order valence-corrected chi connectivity index (χ1v) is 7.25. The normalized spacial score (nSPS) is 13.8. The Morgan fingerprint density at radius 2 is 2.00 bits per heavy atom. The van der Waals surface area contributed by atoms with Gasteiger partial charge in [0, 0.05) is 6.54 Å². The van der Waals surface area contributed by atoms with E-state index in [1.165, 1.54) is 0 Å². The molecule has 20 heavy (non-hydrogen) atoms. The molecule has 0 aliphatic rings. The largest absolute Gasteiger partial charge is 0.493 e. The molecule has 1 aromatic carbocycles. The Kier molecular flexibility index (Phi) is 6.82. The number of hydrogen-bond acceptors (Lipinski definition) is 4. The maximum atomic E-state index is 9.97. The van der Waals surface area contributed by atoms with Crippen LogP contribution in [0.25, 0.3) is 0 Å². The van der Waals surface area contributed by atoms with Crippen molar-refractivity contribution in [2.75, 3.05) is 20.3 Å². The number of hydrogen-bond donors (Lipinski definition) is 2. The lowest BCUT2D eigenvalue weighted by Crippen LogP contribution is -2.31. The first-order chi connectivity index (χ1) is 9.52. The molecule has 1 atom stereocenters. The summed E-state index contributed by atoms with van der Waals surface area (Å²) >= 11 is 0. The summed E-state index contributed by atoms with van der Waals surface area (Å²) in [4.78, 5) is 0. The van der Waals surface area contributed by atoms with Crippen molar-refractivity contribution < 1.29 is 14.6 Å². The van der Waals surface area contributed by atoms with E-state index < -0.39 is 5.60 Å². The highest BCUT2D eigenvalue weighted by Crippen LogP contribution is 2.29. The lowest BCUT2D eigenvalue weighted by Gasteiger charge is -2.22. The van der Waals surface area contributed by atoms with Gasteiger partial charge in [-0.15, -0.1) is 0 Å². The standard InChI is InChI=1S/C16H27NO3/c1-5-9-17-11-13-7-8-14(15(10-13)19-4)20-12-16(3,18)6-2/h7-8,10,17-18H,5-6,9,11-12H2,1-4H3. The summed E-state index contributed by atoms with van der Waals surface area (Å²) in [5.41, 5.74) is 0.344. The van der Waals surface area contributed by atoms with Crippen LogP contribution in [0.5, 0.6) is 11.5 Å². The van der Waals surface area contributed by atoms with Crippen molar-refractivity contribution in [3.8, 4) is 11.5 Å². The van der Waals surface area contributed by atoms with E-state index in [1.807, 2.05) is 25.1 Å². The summed E-state index contributed by atoms with van der Waals surface area (Å²) in [5, 5.41) is 13.3. The molecular formula is C16H27NO3. The zero-order valence-corrected chi connectivity index (χ0v) is 13.0. The van der Waals surface area contributed by atoms with Gasteiger partial charge in [-0.3, -0.25) is 0 Å². The molecule has 0 aliphatic carbocycles. The van der Waals surface area contributed by atoms with Crippen LogP contribution in [0, 0.1) is 0 Å². The monoisotopic (exact) mass is 281 g/mol. The Bertz CT molecular complexity index is 405. The molecular weight excluding hydrogens is 254 g/mol. The lowest BCUT2D eigenvalue weighted by molar-refractivity contribution is 0.00775. The average Bonchev–Trinajstić information content (AvgIpc) is 2.46. The zero-order chi connectivity index (χ0) is 15.0. The van der Waals surface area contributed by atoms with Crippen molar-refractivity contribution in [3.63, 3.8) is 0 Å². The molecule has 1 unspecified atom stereocenters. The molecule has 0 radical (unpaired) electrons. The van der Waals surface area contributed by atoms with Gasteiger partial charge in [0.15, 0.2) is 11.5 Å². The van der Waals surface area contributed by atoms with E-state index in [1.54, 1.807) is 14.0 Å². The Morgan fingerprint density at radius 3 is 2.60 bits per heavy atom. The molecule has 0 amide bonds. The molecule has 0 bridgehead atoms. The summed E-state index contributed by atoms with van der Waals surface area (Å²) in [6.07, 6.45) is 1.76. The van der Waals surface area contributed by atoms with Crippen LogP contribution in [0.4, 0.5) is 0 Å². The van der Waals surface area contributed by atoms with Crippen LogP contribution in [0.1, 0.15) is 39.2 Å². The summed E-state index contributed by atoms with van der Waals surface area (Å²) in [7, 11) is 1.63. The number of benzene rings is 1. The minimum atomic E-state index is -0.813. The molecule has 0 aromatic heterocycles. The van der Waals surface area contributed by atoms with Gasteiger partial charge in [0.2, 0.25) is 0 Å². The first kappa shape index (κ1) is 16.8. The van der Waals surface area contributed by atoms with Gasteiger partial charge in [0.1, 0.15) is 6.61 Å². The smallest absolute Gasteiger partial charge is 0.161 e. The third kappa shape index (κ3) is 5.39. The Morgan fingerprint density at radius 1 is 1.25 bits per heavy atom. The molecule has 2 N–H and O–H groups in total. The first-order valence-electron chi connectivity index (χ1n) is 7.25. The van der Waals surface area contributed by atoms with Crippen LogP contribution in [0.3, 0.4) is 0 Å². The fourth-order valence-electron chi connectivity index (χ4n) is 1.69. The zero-order valence-electron chi connectivity index (χ0n) is 13.0. The Labute approximate surface area is 122 Å². The second-order valence-electron chi connectivity index (χ2n) is 5.30. The Balaban J connectivity index is 2.68.